The van der Waals surface area contributed by atoms with Crippen molar-refractivity contribution >= 4 is 5.91 Å². The Hall–Kier alpha value is -2.84. The molecule has 0 aliphatic carbocycles. The highest BCUT2D eigenvalue weighted by Crippen LogP contribution is 2.21. The fraction of sp³-hybridized carbons (Fsp3) is 0.263. The van der Waals surface area contributed by atoms with Gasteiger partial charge in [-0.2, -0.15) is 5.26 Å². The summed E-state index contributed by atoms with van der Waals surface area (Å²) in [5.74, 6) is 0.238. The number of benzene rings is 2. The van der Waals surface area contributed by atoms with Crippen molar-refractivity contribution in [2.45, 2.75) is 24.9 Å². The zero-order valence-corrected chi connectivity index (χ0v) is 13.8. The van der Waals surface area contributed by atoms with Crippen molar-refractivity contribution in [3.05, 3.63) is 65.7 Å². The molecule has 2 unspecified atom stereocenters. The molecule has 2 rings (SSSR count). The van der Waals surface area contributed by atoms with E-state index in [1.165, 1.54) is 0 Å². The Labute approximate surface area is 142 Å². The molecule has 0 saturated carbocycles. The maximum absolute atomic E-state index is 11.9. The van der Waals surface area contributed by atoms with Gasteiger partial charge in [-0.25, -0.2) is 0 Å². The Morgan fingerprint density at radius 1 is 1.25 bits per heavy atom. The largest absolute Gasteiger partial charge is 0.497 e. The highest BCUT2D eigenvalue weighted by atomic mass is 16.5. The summed E-state index contributed by atoms with van der Waals surface area (Å²) in [6, 6.07) is 18.2. The predicted molar refractivity (Wildman–Crippen MR) is 92.2 cm³/mol. The van der Waals surface area contributed by atoms with E-state index in [4.69, 9.17) is 10.5 Å². The Morgan fingerprint density at radius 3 is 2.38 bits per heavy atom. The summed E-state index contributed by atoms with van der Waals surface area (Å²) in [7, 11) is 1.60. The maximum Gasteiger partial charge on any atom is 0.239 e. The van der Waals surface area contributed by atoms with Crippen LogP contribution >= 0.6 is 0 Å². The molecule has 2 aromatic carbocycles. The highest BCUT2D eigenvalue weighted by molar-refractivity contribution is 5.81. The molecule has 24 heavy (non-hydrogen) atoms. The number of nitrogens with zero attached hydrogens (tertiary/aromatic N) is 1. The lowest BCUT2D eigenvalue weighted by Crippen LogP contribution is -2.48. The molecule has 0 spiro atoms. The van der Waals surface area contributed by atoms with Gasteiger partial charge >= 0.3 is 0 Å². The molecule has 0 saturated heterocycles. The highest BCUT2D eigenvalue weighted by Gasteiger charge is 2.30. The molecule has 1 amide bonds. The minimum absolute atomic E-state index is 0.435. The first-order chi connectivity index (χ1) is 11.5. The fourth-order valence-corrected chi connectivity index (χ4v) is 2.56. The number of rotatable bonds is 7. The molecule has 0 aliphatic heterocycles. The van der Waals surface area contributed by atoms with E-state index in [-0.39, 0.29) is 0 Å². The van der Waals surface area contributed by atoms with Crippen LogP contribution in [0.4, 0.5) is 0 Å². The molecular weight excluding hydrogens is 302 g/mol. The lowest BCUT2D eigenvalue weighted by molar-refractivity contribution is -0.120. The van der Waals surface area contributed by atoms with Crippen LogP contribution in [0, 0.1) is 11.3 Å². The molecule has 0 heterocycles. The van der Waals surface area contributed by atoms with E-state index in [9.17, 15) is 10.1 Å². The van der Waals surface area contributed by atoms with Crippen LogP contribution in [0.25, 0.3) is 0 Å². The number of hydrogen-bond acceptors (Lipinski definition) is 4. The summed E-state index contributed by atoms with van der Waals surface area (Å²) in [6.45, 7) is 1.76. The van der Waals surface area contributed by atoms with Crippen molar-refractivity contribution in [2.24, 2.45) is 5.73 Å². The van der Waals surface area contributed by atoms with E-state index in [2.05, 4.69) is 11.4 Å². The Kier molecular flexibility index (Phi) is 5.56. The van der Waals surface area contributed by atoms with Gasteiger partial charge in [0.25, 0.3) is 0 Å². The summed E-state index contributed by atoms with van der Waals surface area (Å²) in [6.07, 6.45) is 0.435. The summed E-state index contributed by atoms with van der Waals surface area (Å²) >= 11 is 0. The lowest BCUT2D eigenvalue weighted by atomic mass is 9.92. The third-order valence-electron chi connectivity index (χ3n) is 3.84. The summed E-state index contributed by atoms with van der Waals surface area (Å²) in [5, 5.41) is 12.7. The van der Waals surface area contributed by atoms with E-state index in [0.29, 0.717) is 6.42 Å². The summed E-state index contributed by atoms with van der Waals surface area (Å²) in [4.78, 5) is 11.9. The molecule has 2 aromatic rings. The number of methoxy groups -OCH3 is 1. The van der Waals surface area contributed by atoms with Crippen LogP contribution in [0.2, 0.25) is 0 Å². The molecule has 124 valence electrons. The number of nitrogens with two attached hydrogens (primary N) is 1. The van der Waals surface area contributed by atoms with Gasteiger partial charge < -0.3 is 10.5 Å². The predicted octanol–water partition coefficient (Wildman–Crippen LogP) is 2.34. The van der Waals surface area contributed by atoms with E-state index in [1.54, 1.807) is 14.0 Å². The lowest BCUT2D eigenvalue weighted by Gasteiger charge is -2.28. The first-order valence-corrected chi connectivity index (χ1v) is 7.63. The van der Waals surface area contributed by atoms with E-state index in [1.807, 2.05) is 54.6 Å². The van der Waals surface area contributed by atoms with Gasteiger partial charge in [0.05, 0.1) is 13.2 Å². The third-order valence-corrected chi connectivity index (χ3v) is 3.84. The molecule has 0 bridgehead atoms. The second kappa shape index (κ2) is 7.62. The second-order valence-electron chi connectivity index (χ2n) is 5.86. The smallest absolute Gasteiger partial charge is 0.239 e. The fourth-order valence-electron chi connectivity index (χ4n) is 2.56. The summed E-state index contributed by atoms with van der Waals surface area (Å²) in [5.41, 5.74) is 6.29. The minimum atomic E-state index is -0.940. The van der Waals surface area contributed by atoms with Gasteiger partial charge in [-0.15, -0.1) is 0 Å². The van der Waals surface area contributed by atoms with Gasteiger partial charge in [0, 0.05) is 6.42 Å². The first-order valence-electron chi connectivity index (χ1n) is 7.63. The van der Waals surface area contributed by atoms with Crippen LogP contribution in [0.5, 0.6) is 5.75 Å². The van der Waals surface area contributed by atoms with E-state index in [0.717, 1.165) is 16.9 Å². The molecule has 0 aromatic heterocycles. The molecule has 0 fully saturated rings. The Morgan fingerprint density at radius 2 is 1.88 bits per heavy atom. The SMILES string of the molecule is COc1ccc(CC(C)(C#N)NC(C(N)=O)c2ccccc2)cc1. The minimum Gasteiger partial charge on any atom is -0.497 e. The number of nitrogens with one attached hydrogen (secondary N) is 1. The van der Waals surface area contributed by atoms with Gasteiger partial charge in [0.1, 0.15) is 17.3 Å². The number of hydrogen-bond donors (Lipinski definition) is 2. The maximum atomic E-state index is 11.9. The molecule has 2 atom stereocenters. The molecular formula is C19H21N3O2. The third kappa shape index (κ3) is 4.34. The van der Waals surface area contributed by atoms with Crippen molar-refractivity contribution in [2.75, 3.05) is 7.11 Å². The van der Waals surface area contributed by atoms with Gasteiger partial charge in [-0.3, -0.25) is 10.1 Å². The van der Waals surface area contributed by atoms with Crippen molar-refractivity contribution in [3.8, 4) is 11.8 Å². The van der Waals surface area contributed by atoms with Gasteiger partial charge in [-0.05, 0) is 30.2 Å². The topological polar surface area (TPSA) is 88.1 Å². The van der Waals surface area contributed by atoms with Crippen LogP contribution in [0.15, 0.2) is 54.6 Å². The number of primary amides is 1. The van der Waals surface area contributed by atoms with Crippen molar-refractivity contribution in [1.82, 2.24) is 5.32 Å². The van der Waals surface area contributed by atoms with Crippen LogP contribution in [0.1, 0.15) is 24.1 Å². The van der Waals surface area contributed by atoms with Crippen LogP contribution in [-0.2, 0) is 11.2 Å². The number of ether oxygens (including phenoxy) is 1. The normalized spacial score (nSPS) is 14.2. The van der Waals surface area contributed by atoms with Gasteiger partial charge in [0.15, 0.2) is 0 Å². The molecule has 5 heteroatoms. The standard InChI is InChI=1S/C19H21N3O2/c1-19(13-20,12-14-8-10-16(24-2)11-9-14)22-17(18(21)23)15-6-4-3-5-7-15/h3-11,17,22H,12H2,1-2H3,(H2,21,23). The molecule has 3 N–H and O–H groups in total. The number of nitriles is 1. The van der Waals surface area contributed by atoms with Gasteiger partial charge in [0.2, 0.25) is 5.91 Å². The van der Waals surface area contributed by atoms with Crippen molar-refractivity contribution in [1.29, 1.82) is 5.26 Å². The zero-order valence-electron chi connectivity index (χ0n) is 13.8. The average Bonchev–Trinajstić information content (AvgIpc) is 2.61. The number of amides is 1. The quantitative estimate of drug-likeness (QED) is 0.818. The molecule has 5 nitrogen and oxygen atoms in total. The summed E-state index contributed by atoms with van der Waals surface area (Å²) < 4.78 is 5.14. The monoisotopic (exact) mass is 323 g/mol. The van der Waals surface area contributed by atoms with Crippen molar-refractivity contribution in [3.63, 3.8) is 0 Å². The van der Waals surface area contributed by atoms with E-state index < -0.39 is 17.5 Å². The van der Waals surface area contributed by atoms with Crippen LogP contribution in [-0.4, -0.2) is 18.6 Å². The molecule has 0 aliphatic rings. The second-order valence-corrected chi connectivity index (χ2v) is 5.86. The average molecular weight is 323 g/mol. The van der Waals surface area contributed by atoms with Gasteiger partial charge in [-0.1, -0.05) is 42.5 Å². The molecule has 0 radical (unpaired) electrons. The van der Waals surface area contributed by atoms with Crippen LogP contribution in [0.3, 0.4) is 0 Å². The number of carbonyl (C=O) groups is 1. The first kappa shape index (κ1) is 17.5. The number of carbonyl (C=O) groups excluding carboxylic acids is 1. The van der Waals surface area contributed by atoms with E-state index >= 15 is 0 Å². The van der Waals surface area contributed by atoms with Crippen molar-refractivity contribution < 1.29 is 9.53 Å². The van der Waals surface area contributed by atoms with Crippen LogP contribution < -0.4 is 15.8 Å². The Balaban J connectivity index is 2.21. The zero-order chi connectivity index (χ0) is 17.6. The Bertz CT molecular complexity index is 723.